The Kier molecular flexibility index (Phi) is 5.50. The van der Waals surface area contributed by atoms with Crippen LogP contribution in [0.2, 0.25) is 0 Å². The summed E-state index contributed by atoms with van der Waals surface area (Å²) in [6, 6.07) is 3.06. The molecule has 1 aromatic rings. The van der Waals surface area contributed by atoms with Gasteiger partial charge in [-0.15, -0.1) is 0 Å². The lowest BCUT2D eigenvalue weighted by Crippen LogP contribution is -2.30. The molecule has 2 N–H and O–H groups in total. The average molecular weight is 237 g/mol. The normalized spacial score (nSPS) is 9.47. The van der Waals surface area contributed by atoms with E-state index in [1.807, 2.05) is 0 Å². The zero-order valence-corrected chi connectivity index (χ0v) is 9.60. The van der Waals surface area contributed by atoms with E-state index in [9.17, 15) is 9.59 Å². The standard InChI is InChI=1S/C11H15N3O3/c1-2-17-10(15)5-7-13-11(16)14-9-4-3-6-12-8-9/h3-4,6,8H,2,5,7H2,1H3,(H2,13,14,16). The molecule has 0 aromatic carbocycles. The summed E-state index contributed by atoms with van der Waals surface area (Å²) in [6.07, 6.45) is 3.31. The maximum absolute atomic E-state index is 11.3. The second-order valence-electron chi connectivity index (χ2n) is 3.18. The average Bonchev–Trinajstić information content (AvgIpc) is 2.30. The molecule has 0 aliphatic rings. The number of aromatic nitrogens is 1. The number of hydrogen-bond donors (Lipinski definition) is 2. The second kappa shape index (κ2) is 7.21. The zero-order valence-electron chi connectivity index (χ0n) is 9.60. The lowest BCUT2D eigenvalue weighted by Gasteiger charge is -2.06. The number of pyridine rings is 1. The van der Waals surface area contributed by atoms with Gasteiger partial charge in [-0.05, 0) is 19.1 Å². The fourth-order valence-electron chi connectivity index (χ4n) is 1.12. The van der Waals surface area contributed by atoms with Crippen LogP contribution in [0.4, 0.5) is 10.5 Å². The molecule has 0 bridgehead atoms. The van der Waals surface area contributed by atoms with E-state index in [-0.39, 0.29) is 25.0 Å². The summed E-state index contributed by atoms with van der Waals surface area (Å²) in [4.78, 5) is 26.2. The first-order valence-electron chi connectivity index (χ1n) is 5.33. The molecule has 0 spiro atoms. The quantitative estimate of drug-likeness (QED) is 0.753. The number of amides is 2. The third-order valence-corrected chi connectivity index (χ3v) is 1.84. The topological polar surface area (TPSA) is 80.3 Å². The maximum Gasteiger partial charge on any atom is 0.319 e. The SMILES string of the molecule is CCOC(=O)CCNC(=O)Nc1cccnc1. The third kappa shape index (κ3) is 5.50. The summed E-state index contributed by atoms with van der Waals surface area (Å²) in [5.41, 5.74) is 0.598. The zero-order chi connectivity index (χ0) is 12.5. The Bertz CT molecular complexity index is 367. The van der Waals surface area contributed by atoms with Crippen molar-refractivity contribution in [1.82, 2.24) is 10.3 Å². The fourth-order valence-corrected chi connectivity index (χ4v) is 1.12. The molecule has 0 saturated heterocycles. The molecule has 0 aliphatic heterocycles. The molecule has 92 valence electrons. The number of esters is 1. The van der Waals surface area contributed by atoms with Gasteiger partial charge >= 0.3 is 12.0 Å². The Morgan fingerprint density at radius 1 is 1.47 bits per heavy atom. The number of urea groups is 1. The molecule has 0 fully saturated rings. The van der Waals surface area contributed by atoms with Crippen LogP contribution in [-0.4, -0.2) is 30.1 Å². The van der Waals surface area contributed by atoms with E-state index in [2.05, 4.69) is 15.6 Å². The number of nitrogens with zero attached hydrogens (tertiary/aromatic N) is 1. The van der Waals surface area contributed by atoms with Crippen molar-refractivity contribution in [3.63, 3.8) is 0 Å². The van der Waals surface area contributed by atoms with Gasteiger partial charge in [0.2, 0.25) is 0 Å². The first kappa shape index (κ1) is 13.0. The number of anilines is 1. The van der Waals surface area contributed by atoms with Crippen LogP contribution >= 0.6 is 0 Å². The van der Waals surface area contributed by atoms with Gasteiger partial charge in [0.25, 0.3) is 0 Å². The van der Waals surface area contributed by atoms with Crippen molar-refractivity contribution in [3.05, 3.63) is 24.5 Å². The van der Waals surface area contributed by atoms with Crippen LogP contribution in [0.15, 0.2) is 24.5 Å². The van der Waals surface area contributed by atoms with Gasteiger partial charge in [-0.3, -0.25) is 9.78 Å². The van der Waals surface area contributed by atoms with Crippen LogP contribution in [0.5, 0.6) is 0 Å². The van der Waals surface area contributed by atoms with Crippen molar-refractivity contribution in [2.24, 2.45) is 0 Å². The van der Waals surface area contributed by atoms with Gasteiger partial charge in [0.15, 0.2) is 0 Å². The summed E-state index contributed by atoms with van der Waals surface area (Å²) in [5.74, 6) is -0.325. The predicted molar refractivity (Wildman–Crippen MR) is 62.5 cm³/mol. The van der Waals surface area contributed by atoms with E-state index in [4.69, 9.17) is 4.74 Å². The molecule has 1 aromatic heterocycles. The van der Waals surface area contributed by atoms with Crippen LogP contribution in [0.25, 0.3) is 0 Å². The number of nitrogens with one attached hydrogen (secondary N) is 2. The van der Waals surface area contributed by atoms with Crippen molar-refractivity contribution in [2.75, 3.05) is 18.5 Å². The fraction of sp³-hybridized carbons (Fsp3) is 0.364. The molecule has 0 atom stereocenters. The van der Waals surface area contributed by atoms with Crippen LogP contribution in [0.1, 0.15) is 13.3 Å². The van der Waals surface area contributed by atoms with Crippen LogP contribution < -0.4 is 10.6 Å². The molecule has 0 saturated carbocycles. The Morgan fingerprint density at radius 3 is 2.94 bits per heavy atom. The number of hydrogen-bond acceptors (Lipinski definition) is 4. The van der Waals surface area contributed by atoms with Gasteiger partial charge in [0.1, 0.15) is 0 Å². The summed E-state index contributed by atoms with van der Waals surface area (Å²) in [6.45, 7) is 2.33. The lowest BCUT2D eigenvalue weighted by molar-refractivity contribution is -0.142. The first-order chi connectivity index (χ1) is 8.22. The minimum atomic E-state index is -0.373. The third-order valence-electron chi connectivity index (χ3n) is 1.84. The highest BCUT2D eigenvalue weighted by atomic mass is 16.5. The molecule has 1 heterocycles. The molecule has 0 unspecified atom stereocenters. The van der Waals surface area contributed by atoms with E-state index in [1.54, 1.807) is 25.3 Å². The van der Waals surface area contributed by atoms with Gasteiger partial charge in [0, 0.05) is 12.7 Å². The molecule has 0 radical (unpaired) electrons. The predicted octanol–water partition coefficient (Wildman–Crippen LogP) is 1.16. The highest BCUT2D eigenvalue weighted by molar-refractivity contribution is 5.89. The van der Waals surface area contributed by atoms with E-state index >= 15 is 0 Å². The molecule has 17 heavy (non-hydrogen) atoms. The van der Waals surface area contributed by atoms with Crippen molar-refractivity contribution in [2.45, 2.75) is 13.3 Å². The number of carbonyl (C=O) groups is 2. The number of carbonyl (C=O) groups excluding carboxylic acids is 2. The van der Waals surface area contributed by atoms with E-state index in [0.717, 1.165) is 0 Å². The highest BCUT2D eigenvalue weighted by Crippen LogP contribution is 2.01. The van der Waals surface area contributed by atoms with Crippen LogP contribution in [0, 0.1) is 0 Å². The van der Waals surface area contributed by atoms with Gasteiger partial charge in [-0.2, -0.15) is 0 Å². The van der Waals surface area contributed by atoms with E-state index in [0.29, 0.717) is 12.3 Å². The molecular formula is C11H15N3O3. The summed E-state index contributed by atoms with van der Waals surface area (Å²) in [5, 5.41) is 5.12. The van der Waals surface area contributed by atoms with Crippen molar-refractivity contribution in [3.8, 4) is 0 Å². The minimum Gasteiger partial charge on any atom is -0.466 e. The van der Waals surface area contributed by atoms with Gasteiger partial charge < -0.3 is 15.4 Å². The first-order valence-corrected chi connectivity index (χ1v) is 5.33. The van der Waals surface area contributed by atoms with E-state index < -0.39 is 0 Å². The number of ether oxygens (including phenoxy) is 1. The summed E-state index contributed by atoms with van der Waals surface area (Å²) < 4.78 is 4.72. The molecule has 0 aliphatic carbocycles. The molecule has 6 nitrogen and oxygen atoms in total. The van der Waals surface area contributed by atoms with Crippen LogP contribution in [0.3, 0.4) is 0 Å². The molecule has 2 amide bonds. The van der Waals surface area contributed by atoms with Gasteiger partial charge in [0.05, 0.1) is 24.9 Å². The van der Waals surface area contributed by atoms with Crippen molar-refractivity contribution < 1.29 is 14.3 Å². The maximum atomic E-state index is 11.3. The monoisotopic (exact) mass is 237 g/mol. The smallest absolute Gasteiger partial charge is 0.319 e. The Labute approximate surface area is 99.4 Å². The molecule has 1 rings (SSSR count). The molecule has 6 heteroatoms. The highest BCUT2D eigenvalue weighted by Gasteiger charge is 2.04. The summed E-state index contributed by atoms with van der Waals surface area (Å²) in [7, 11) is 0. The van der Waals surface area contributed by atoms with Crippen molar-refractivity contribution in [1.29, 1.82) is 0 Å². The van der Waals surface area contributed by atoms with Gasteiger partial charge in [-0.1, -0.05) is 0 Å². The second-order valence-corrected chi connectivity index (χ2v) is 3.18. The van der Waals surface area contributed by atoms with Crippen molar-refractivity contribution >= 4 is 17.7 Å². The lowest BCUT2D eigenvalue weighted by atomic mass is 10.4. The Hall–Kier alpha value is -2.11. The number of rotatable bonds is 5. The minimum absolute atomic E-state index is 0.161. The largest absolute Gasteiger partial charge is 0.466 e. The molecular weight excluding hydrogens is 222 g/mol. The van der Waals surface area contributed by atoms with Gasteiger partial charge in [-0.25, -0.2) is 4.79 Å². The summed E-state index contributed by atoms with van der Waals surface area (Å²) >= 11 is 0. The van der Waals surface area contributed by atoms with Crippen LogP contribution in [-0.2, 0) is 9.53 Å². The Morgan fingerprint density at radius 2 is 2.29 bits per heavy atom. The Balaban J connectivity index is 2.20. The van der Waals surface area contributed by atoms with E-state index in [1.165, 1.54) is 6.20 Å².